The second-order valence-electron chi connectivity index (χ2n) is 2.77. The molecule has 0 heterocycles. The topological polar surface area (TPSA) is 20.2 Å². The Labute approximate surface area is 69.4 Å². The number of aliphatic hydroxyl groups excluding tert-OH is 1. The van der Waals surface area contributed by atoms with E-state index in [1.165, 1.54) is 0 Å². The lowest BCUT2D eigenvalue weighted by Gasteiger charge is -2.11. The average molecular weight is 154 g/mol. The molecule has 0 saturated heterocycles. The molecule has 0 aliphatic carbocycles. The van der Waals surface area contributed by atoms with E-state index >= 15 is 0 Å². The van der Waals surface area contributed by atoms with Crippen LogP contribution in [-0.4, -0.2) is 11.7 Å². The molecule has 0 spiro atoms. The van der Waals surface area contributed by atoms with Gasteiger partial charge in [-0.3, -0.25) is 0 Å². The smallest absolute Gasteiger partial charge is 0.0433 e. The highest BCUT2D eigenvalue weighted by molar-refractivity contribution is 4.76. The molecule has 64 valence electrons. The van der Waals surface area contributed by atoms with Crippen LogP contribution < -0.4 is 0 Å². The van der Waals surface area contributed by atoms with Crippen molar-refractivity contribution >= 4 is 0 Å². The van der Waals surface area contributed by atoms with Gasteiger partial charge in [0.1, 0.15) is 0 Å². The molecule has 1 atom stereocenters. The van der Waals surface area contributed by atoms with E-state index in [0.29, 0.717) is 5.92 Å². The van der Waals surface area contributed by atoms with Crippen molar-refractivity contribution in [2.45, 2.75) is 25.7 Å². The van der Waals surface area contributed by atoms with E-state index in [1.807, 2.05) is 12.2 Å². The molecule has 0 aromatic carbocycles. The molecule has 1 nitrogen and oxygen atoms in total. The Morgan fingerprint density at radius 1 is 1.18 bits per heavy atom. The van der Waals surface area contributed by atoms with E-state index in [4.69, 9.17) is 5.11 Å². The summed E-state index contributed by atoms with van der Waals surface area (Å²) in [5.74, 6) is 0.593. The molecular formula is C10H18O. The third-order valence-corrected chi connectivity index (χ3v) is 1.82. The largest absolute Gasteiger partial charge is 0.396 e. The first-order chi connectivity index (χ1) is 5.35. The van der Waals surface area contributed by atoms with E-state index in [-0.39, 0.29) is 6.61 Å². The lowest BCUT2D eigenvalue weighted by Crippen LogP contribution is -2.01. The van der Waals surface area contributed by atoms with Crippen molar-refractivity contribution in [1.29, 1.82) is 0 Å². The van der Waals surface area contributed by atoms with Gasteiger partial charge < -0.3 is 5.11 Å². The van der Waals surface area contributed by atoms with Gasteiger partial charge in [-0.1, -0.05) is 12.2 Å². The van der Waals surface area contributed by atoms with Crippen molar-refractivity contribution in [3.63, 3.8) is 0 Å². The number of rotatable bonds is 7. The molecule has 0 bridgehead atoms. The van der Waals surface area contributed by atoms with E-state index < -0.39 is 0 Å². The van der Waals surface area contributed by atoms with Crippen molar-refractivity contribution in [1.82, 2.24) is 0 Å². The van der Waals surface area contributed by atoms with Crippen molar-refractivity contribution < 1.29 is 5.11 Å². The SMILES string of the molecule is C=CCCC(CC=C)CCO. The van der Waals surface area contributed by atoms with E-state index in [0.717, 1.165) is 25.7 Å². The van der Waals surface area contributed by atoms with E-state index in [1.54, 1.807) is 0 Å². The molecule has 0 radical (unpaired) electrons. The fourth-order valence-corrected chi connectivity index (χ4v) is 1.15. The highest BCUT2D eigenvalue weighted by Crippen LogP contribution is 2.15. The molecule has 1 heteroatoms. The number of allylic oxidation sites excluding steroid dienone is 2. The lowest BCUT2D eigenvalue weighted by atomic mass is 9.96. The third kappa shape index (κ3) is 5.86. The molecule has 1 N–H and O–H groups in total. The molecule has 0 saturated carbocycles. The average Bonchev–Trinajstić information content (AvgIpc) is 2.01. The Morgan fingerprint density at radius 2 is 1.91 bits per heavy atom. The van der Waals surface area contributed by atoms with Crippen LogP contribution in [0.4, 0.5) is 0 Å². The molecule has 0 amide bonds. The molecule has 0 aliphatic heterocycles. The van der Waals surface area contributed by atoms with Gasteiger partial charge in [0.05, 0.1) is 0 Å². The Morgan fingerprint density at radius 3 is 2.36 bits per heavy atom. The number of hydrogen-bond donors (Lipinski definition) is 1. The molecule has 0 rings (SSSR count). The Hall–Kier alpha value is -0.560. The summed E-state index contributed by atoms with van der Waals surface area (Å²) in [4.78, 5) is 0. The lowest BCUT2D eigenvalue weighted by molar-refractivity contribution is 0.253. The van der Waals surface area contributed by atoms with Gasteiger partial charge in [0, 0.05) is 6.61 Å². The van der Waals surface area contributed by atoms with Gasteiger partial charge in [0.15, 0.2) is 0 Å². The van der Waals surface area contributed by atoms with Crippen LogP contribution in [-0.2, 0) is 0 Å². The summed E-state index contributed by atoms with van der Waals surface area (Å²) < 4.78 is 0. The third-order valence-electron chi connectivity index (χ3n) is 1.82. The minimum Gasteiger partial charge on any atom is -0.396 e. The predicted molar refractivity (Wildman–Crippen MR) is 49.4 cm³/mol. The second-order valence-corrected chi connectivity index (χ2v) is 2.77. The first-order valence-corrected chi connectivity index (χ1v) is 4.17. The molecule has 0 aromatic heterocycles. The van der Waals surface area contributed by atoms with Gasteiger partial charge in [-0.25, -0.2) is 0 Å². The van der Waals surface area contributed by atoms with Crippen LogP contribution in [0.25, 0.3) is 0 Å². The minimum absolute atomic E-state index is 0.287. The van der Waals surface area contributed by atoms with Gasteiger partial charge in [-0.05, 0) is 31.6 Å². The standard InChI is InChI=1S/C10H18O/c1-3-5-7-10(6-4-2)8-9-11/h3-4,10-11H,1-2,5-9H2. The number of aliphatic hydroxyl groups is 1. The van der Waals surface area contributed by atoms with Gasteiger partial charge in [-0.2, -0.15) is 0 Å². The molecule has 0 fully saturated rings. The molecule has 11 heavy (non-hydrogen) atoms. The maximum atomic E-state index is 8.70. The first-order valence-electron chi connectivity index (χ1n) is 4.17. The van der Waals surface area contributed by atoms with Crippen LogP contribution in [0.1, 0.15) is 25.7 Å². The van der Waals surface area contributed by atoms with Crippen molar-refractivity contribution in [2.75, 3.05) is 6.61 Å². The Kier molecular flexibility index (Phi) is 7.16. The van der Waals surface area contributed by atoms with Crippen LogP contribution in [0.15, 0.2) is 25.3 Å². The second kappa shape index (κ2) is 7.55. The van der Waals surface area contributed by atoms with Crippen molar-refractivity contribution in [3.05, 3.63) is 25.3 Å². The normalized spacial score (nSPS) is 12.5. The van der Waals surface area contributed by atoms with Gasteiger partial charge >= 0.3 is 0 Å². The summed E-state index contributed by atoms with van der Waals surface area (Å²) >= 11 is 0. The van der Waals surface area contributed by atoms with E-state index in [9.17, 15) is 0 Å². The zero-order chi connectivity index (χ0) is 8.53. The van der Waals surface area contributed by atoms with Crippen LogP contribution >= 0.6 is 0 Å². The van der Waals surface area contributed by atoms with Crippen LogP contribution in [0, 0.1) is 5.92 Å². The summed E-state index contributed by atoms with van der Waals surface area (Å²) in [7, 11) is 0. The first kappa shape index (κ1) is 10.4. The highest BCUT2D eigenvalue weighted by Gasteiger charge is 2.03. The summed E-state index contributed by atoms with van der Waals surface area (Å²) in [6.07, 6.45) is 7.90. The van der Waals surface area contributed by atoms with E-state index in [2.05, 4.69) is 13.2 Å². The van der Waals surface area contributed by atoms with Crippen LogP contribution in [0.2, 0.25) is 0 Å². The number of hydrogen-bond acceptors (Lipinski definition) is 1. The Bertz CT molecular complexity index is 107. The Balaban J connectivity index is 3.49. The minimum atomic E-state index is 0.287. The monoisotopic (exact) mass is 154 g/mol. The van der Waals surface area contributed by atoms with Crippen molar-refractivity contribution in [2.24, 2.45) is 5.92 Å². The molecule has 0 aliphatic rings. The summed E-state index contributed by atoms with van der Waals surface area (Å²) in [5, 5.41) is 8.70. The highest BCUT2D eigenvalue weighted by atomic mass is 16.3. The maximum Gasteiger partial charge on any atom is 0.0433 e. The fraction of sp³-hybridized carbons (Fsp3) is 0.600. The summed E-state index contributed by atoms with van der Waals surface area (Å²) in [6, 6.07) is 0. The fourth-order valence-electron chi connectivity index (χ4n) is 1.15. The van der Waals surface area contributed by atoms with Gasteiger partial charge in [-0.15, -0.1) is 13.2 Å². The van der Waals surface area contributed by atoms with Gasteiger partial charge in [0.2, 0.25) is 0 Å². The zero-order valence-corrected chi connectivity index (χ0v) is 7.13. The quantitative estimate of drug-likeness (QED) is 0.559. The molecule has 0 aromatic rings. The molecule has 1 unspecified atom stereocenters. The van der Waals surface area contributed by atoms with Crippen molar-refractivity contribution in [3.8, 4) is 0 Å². The maximum absolute atomic E-state index is 8.70. The van der Waals surface area contributed by atoms with Crippen LogP contribution in [0.5, 0.6) is 0 Å². The molecular weight excluding hydrogens is 136 g/mol. The predicted octanol–water partition coefficient (Wildman–Crippen LogP) is 2.53. The van der Waals surface area contributed by atoms with Gasteiger partial charge in [0.25, 0.3) is 0 Å². The zero-order valence-electron chi connectivity index (χ0n) is 7.13. The summed E-state index contributed by atoms with van der Waals surface area (Å²) in [6.45, 7) is 7.64. The van der Waals surface area contributed by atoms with Crippen LogP contribution in [0.3, 0.4) is 0 Å². The summed E-state index contributed by atoms with van der Waals surface area (Å²) in [5.41, 5.74) is 0.